The van der Waals surface area contributed by atoms with Crippen LogP contribution in [-0.2, 0) is 11.3 Å². The van der Waals surface area contributed by atoms with Gasteiger partial charge in [-0.25, -0.2) is 4.79 Å². The van der Waals surface area contributed by atoms with Crippen molar-refractivity contribution < 1.29 is 9.84 Å². The van der Waals surface area contributed by atoms with Crippen LogP contribution >= 0.6 is 0 Å². The summed E-state index contributed by atoms with van der Waals surface area (Å²) < 4.78 is 6.40. The minimum Gasteiger partial charge on any atom is -0.494 e. The Labute approximate surface area is 98.9 Å². The minimum atomic E-state index is -0.614. The molecule has 17 heavy (non-hydrogen) atoms. The number of hydrogen-bond donors (Lipinski definition) is 2. The Bertz CT molecular complexity index is 475. The van der Waals surface area contributed by atoms with Gasteiger partial charge < -0.3 is 9.84 Å². The molecule has 1 rings (SSSR count). The molecule has 0 fully saturated rings. The number of hydrogen-bond acceptors (Lipinski definition) is 4. The predicted molar refractivity (Wildman–Crippen MR) is 63.5 cm³/mol. The van der Waals surface area contributed by atoms with Crippen LogP contribution in [0.3, 0.4) is 0 Å². The molecular weight excluding hydrogens is 224 g/mol. The summed E-state index contributed by atoms with van der Waals surface area (Å²) in [6.07, 6.45) is 2.01. The number of aromatic amines is 1. The van der Waals surface area contributed by atoms with Crippen LogP contribution in [0.1, 0.15) is 25.3 Å². The van der Waals surface area contributed by atoms with E-state index in [4.69, 9.17) is 4.74 Å². The van der Waals surface area contributed by atoms with Crippen LogP contribution in [0.25, 0.3) is 0 Å². The average molecular weight is 242 g/mol. The molecule has 0 aliphatic heterocycles. The molecule has 6 nitrogen and oxygen atoms in total. The first-order valence-electron chi connectivity index (χ1n) is 5.68. The Morgan fingerprint density at radius 3 is 2.71 bits per heavy atom. The Kier molecular flexibility index (Phi) is 4.96. The molecule has 0 aliphatic rings. The summed E-state index contributed by atoms with van der Waals surface area (Å²) >= 11 is 0. The molecule has 1 aromatic heterocycles. The van der Waals surface area contributed by atoms with E-state index < -0.39 is 11.2 Å². The highest BCUT2D eigenvalue weighted by atomic mass is 16.5. The first kappa shape index (κ1) is 13.5. The molecule has 0 radical (unpaired) electrons. The summed E-state index contributed by atoms with van der Waals surface area (Å²) in [5.41, 5.74) is -1.04. The maximum atomic E-state index is 11.4. The van der Waals surface area contributed by atoms with Crippen molar-refractivity contribution >= 4 is 0 Å². The molecule has 0 spiro atoms. The van der Waals surface area contributed by atoms with Crippen molar-refractivity contribution in [1.82, 2.24) is 9.55 Å². The zero-order chi connectivity index (χ0) is 12.8. The van der Waals surface area contributed by atoms with Crippen LogP contribution in [0.15, 0.2) is 9.59 Å². The lowest BCUT2D eigenvalue weighted by Crippen LogP contribution is -2.32. The molecule has 0 aliphatic carbocycles. The van der Waals surface area contributed by atoms with Gasteiger partial charge in [0.25, 0.3) is 5.56 Å². The molecule has 6 heteroatoms. The van der Waals surface area contributed by atoms with Crippen LogP contribution in [0.4, 0.5) is 0 Å². The highest BCUT2D eigenvalue weighted by Crippen LogP contribution is 2.07. The SMILES string of the molecule is CCCCOCCn1c(O)c(C)c(=O)[nH]c1=O. The van der Waals surface area contributed by atoms with Gasteiger partial charge in [0.05, 0.1) is 18.7 Å². The molecule has 0 amide bonds. The number of aromatic hydroxyl groups is 1. The van der Waals surface area contributed by atoms with Gasteiger partial charge in [-0.3, -0.25) is 14.3 Å². The number of nitrogens with one attached hydrogen (secondary N) is 1. The molecule has 1 heterocycles. The third-order valence-electron chi connectivity index (χ3n) is 2.50. The normalized spacial score (nSPS) is 10.7. The van der Waals surface area contributed by atoms with Crippen LogP contribution in [-0.4, -0.2) is 27.9 Å². The fourth-order valence-electron chi connectivity index (χ4n) is 1.37. The van der Waals surface area contributed by atoms with E-state index >= 15 is 0 Å². The van der Waals surface area contributed by atoms with E-state index in [1.807, 2.05) is 0 Å². The summed E-state index contributed by atoms with van der Waals surface area (Å²) in [6, 6.07) is 0. The third kappa shape index (κ3) is 3.45. The molecule has 0 atom stereocenters. The van der Waals surface area contributed by atoms with E-state index in [1.165, 1.54) is 6.92 Å². The van der Waals surface area contributed by atoms with Gasteiger partial charge in [0, 0.05) is 6.61 Å². The highest BCUT2D eigenvalue weighted by molar-refractivity contribution is 5.20. The largest absolute Gasteiger partial charge is 0.494 e. The number of aromatic nitrogens is 2. The van der Waals surface area contributed by atoms with E-state index in [0.29, 0.717) is 13.2 Å². The van der Waals surface area contributed by atoms with Crippen molar-refractivity contribution in [3.63, 3.8) is 0 Å². The van der Waals surface area contributed by atoms with Crippen molar-refractivity contribution in [2.75, 3.05) is 13.2 Å². The lowest BCUT2D eigenvalue weighted by atomic mass is 10.3. The minimum absolute atomic E-state index is 0.137. The Morgan fingerprint density at radius 1 is 1.35 bits per heavy atom. The molecular formula is C11H18N2O4. The maximum absolute atomic E-state index is 11.4. The van der Waals surface area contributed by atoms with Gasteiger partial charge in [0.15, 0.2) is 0 Å². The van der Waals surface area contributed by atoms with Crippen molar-refractivity contribution in [2.24, 2.45) is 0 Å². The summed E-state index contributed by atoms with van der Waals surface area (Å²) in [4.78, 5) is 24.7. The van der Waals surface area contributed by atoms with E-state index in [0.717, 1.165) is 17.4 Å². The number of nitrogens with zero attached hydrogens (tertiary/aromatic N) is 1. The molecule has 96 valence electrons. The Balaban J connectivity index is 2.69. The summed E-state index contributed by atoms with van der Waals surface area (Å²) in [6.45, 7) is 4.71. The van der Waals surface area contributed by atoms with Gasteiger partial charge in [-0.15, -0.1) is 0 Å². The molecule has 0 saturated heterocycles. The van der Waals surface area contributed by atoms with Crippen molar-refractivity contribution in [2.45, 2.75) is 33.2 Å². The van der Waals surface area contributed by atoms with Gasteiger partial charge in [-0.05, 0) is 13.3 Å². The van der Waals surface area contributed by atoms with Gasteiger partial charge in [-0.2, -0.15) is 0 Å². The second-order valence-electron chi connectivity index (χ2n) is 3.83. The second-order valence-corrected chi connectivity index (χ2v) is 3.83. The highest BCUT2D eigenvalue weighted by Gasteiger charge is 2.09. The monoisotopic (exact) mass is 242 g/mol. The topological polar surface area (TPSA) is 84.3 Å². The average Bonchev–Trinajstić information content (AvgIpc) is 2.30. The standard InChI is InChI=1S/C11H18N2O4/c1-3-4-6-17-7-5-13-10(15)8(2)9(14)12-11(13)16/h15H,3-7H2,1-2H3,(H,12,14,16). The number of H-pyrrole nitrogens is 1. The molecule has 0 bridgehead atoms. The van der Waals surface area contributed by atoms with Crippen molar-refractivity contribution in [3.05, 3.63) is 26.4 Å². The van der Waals surface area contributed by atoms with E-state index in [-0.39, 0.29) is 18.0 Å². The predicted octanol–water partition coefficient (Wildman–Crippen LogP) is 0.367. The van der Waals surface area contributed by atoms with Crippen LogP contribution in [0.2, 0.25) is 0 Å². The Morgan fingerprint density at radius 2 is 2.06 bits per heavy atom. The first-order valence-corrected chi connectivity index (χ1v) is 5.68. The zero-order valence-corrected chi connectivity index (χ0v) is 10.2. The quantitative estimate of drug-likeness (QED) is 0.706. The summed E-state index contributed by atoms with van der Waals surface area (Å²) in [5, 5.41) is 9.65. The molecule has 0 unspecified atom stereocenters. The number of ether oxygens (including phenoxy) is 1. The van der Waals surface area contributed by atoms with Crippen LogP contribution < -0.4 is 11.2 Å². The Hall–Kier alpha value is -1.56. The lowest BCUT2D eigenvalue weighted by Gasteiger charge is -2.09. The lowest BCUT2D eigenvalue weighted by molar-refractivity contribution is 0.120. The molecule has 0 saturated carbocycles. The fourth-order valence-corrected chi connectivity index (χ4v) is 1.37. The molecule has 2 N–H and O–H groups in total. The van der Waals surface area contributed by atoms with Gasteiger partial charge in [0.1, 0.15) is 0 Å². The fraction of sp³-hybridized carbons (Fsp3) is 0.636. The molecule has 0 aromatic carbocycles. The smallest absolute Gasteiger partial charge is 0.331 e. The second kappa shape index (κ2) is 6.24. The van der Waals surface area contributed by atoms with E-state index in [1.54, 1.807) is 0 Å². The van der Waals surface area contributed by atoms with Gasteiger partial charge >= 0.3 is 5.69 Å². The van der Waals surface area contributed by atoms with E-state index in [9.17, 15) is 14.7 Å². The number of rotatable bonds is 6. The molecule has 1 aromatic rings. The van der Waals surface area contributed by atoms with Crippen LogP contribution in [0.5, 0.6) is 5.88 Å². The van der Waals surface area contributed by atoms with Gasteiger partial charge in [0.2, 0.25) is 5.88 Å². The van der Waals surface area contributed by atoms with E-state index in [2.05, 4.69) is 11.9 Å². The summed E-state index contributed by atoms with van der Waals surface area (Å²) in [7, 11) is 0. The maximum Gasteiger partial charge on any atom is 0.331 e. The first-order chi connectivity index (χ1) is 8.07. The van der Waals surface area contributed by atoms with Crippen molar-refractivity contribution in [1.29, 1.82) is 0 Å². The number of unbranched alkanes of at least 4 members (excludes halogenated alkanes) is 1. The zero-order valence-electron chi connectivity index (χ0n) is 10.2. The van der Waals surface area contributed by atoms with Crippen molar-refractivity contribution in [3.8, 4) is 5.88 Å². The van der Waals surface area contributed by atoms with Crippen LogP contribution in [0, 0.1) is 6.92 Å². The third-order valence-corrected chi connectivity index (χ3v) is 2.50. The van der Waals surface area contributed by atoms with Gasteiger partial charge in [-0.1, -0.05) is 13.3 Å². The summed E-state index contributed by atoms with van der Waals surface area (Å²) in [5.74, 6) is -0.294.